The second-order valence-electron chi connectivity index (χ2n) is 10.4. The largest absolute Gasteiger partial charge is 0.396 e. The Hall–Kier alpha value is -1.67. The van der Waals surface area contributed by atoms with Gasteiger partial charge in [0.1, 0.15) is 11.6 Å². The summed E-state index contributed by atoms with van der Waals surface area (Å²) in [4.78, 5) is 41.8. The van der Waals surface area contributed by atoms with E-state index in [9.17, 15) is 14.4 Å². The van der Waals surface area contributed by atoms with Gasteiger partial charge >= 0.3 is 0 Å². The first-order valence-electron chi connectivity index (χ1n) is 11.7. The number of nitrogens with zero attached hydrogens (tertiary/aromatic N) is 1. The number of carbonyl (C=O) groups is 3. The Morgan fingerprint density at radius 2 is 1.84 bits per heavy atom. The van der Waals surface area contributed by atoms with Gasteiger partial charge in [0.2, 0.25) is 17.7 Å². The average Bonchev–Trinajstić information content (AvgIpc) is 3.30. The molecule has 8 nitrogen and oxygen atoms in total. The summed E-state index contributed by atoms with van der Waals surface area (Å²) in [5.41, 5.74) is -2.08. The Labute approximate surface area is 185 Å². The fourth-order valence-electron chi connectivity index (χ4n) is 6.00. The van der Waals surface area contributed by atoms with Gasteiger partial charge in [-0.1, -0.05) is 19.8 Å². The number of fused-ring (bicyclic) bond motifs is 1. The quantitative estimate of drug-likeness (QED) is 0.472. The van der Waals surface area contributed by atoms with Crippen molar-refractivity contribution in [2.75, 3.05) is 20.2 Å². The number of likely N-dealkylation sites (tertiary alicyclic amines) is 1. The minimum absolute atomic E-state index is 0.139. The van der Waals surface area contributed by atoms with Crippen molar-refractivity contribution in [1.29, 1.82) is 0 Å². The Morgan fingerprint density at radius 3 is 2.42 bits per heavy atom. The second-order valence-corrected chi connectivity index (χ2v) is 10.4. The zero-order valence-corrected chi connectivity index (χ0v) is 19.6. The molecule has 3 aliphatic heterocycles. The summed E-state index contributed by atoms with van der Waals surface area (Å²) in [5.74, 6) is -1.73. The number of aliphatic hydroxyl groups excluding tert-OH is 1. The number of hydrogen-bond donors (Lipinski definition) is 3. The Balaban J connectivity index is 1.95. The molecule has 1 spiro atoms. The van der Waals surface area contributed by atoms with Crippen LogP contribution in [0.4, 0.5) is 0 Å². The highest BCUT2D eigenvalue weighted by molar-refractivity contribution is 5.99. The minimum atomic E-state index is -0.954. The monoisotopic (exact) mass is 437 g/mol. The van der Waals surface area contributed by atoms with Crippen molar-refractivity contribution in [1.82, 2.24) is 15.5 Å². The SMILES string of the molecule is CC[C@]12CCC3(O1)C(C(=O)NC(C)(C)C)N(CCCCCCO)C(=O)[C@@H]3[C@H]2C(=O)NC. The van der Waals surface area contributed by atoms with Gasteiger partial charge in [-0.3, -0.25) is 14.4 Å². The molecule has 3 saturated heterocycles. The summed E-state index contributed by atoms with van der Waals surface area (Å²) in [6, 6.07) is -0.731. The average molecular weight is 438 g/mol. The summed E-state index contributed by atoms with van der Waals surface area (Å²) in [5, 5.41) is 14.8. The molecule has 3 fully saturated rings. The molecule has 31 heavy (non-hydrogen) atoms. The zero-order valence-electron chi connectivity index (χ0n) is 19.6. The number of ether oxygens (including phenoxy) is 1. The molecule has 0 aliphatic carbocycles. The van der Waals surface area contributed by atoms with E-state index in [4.69, 9.17) is 9.84 Å². The maximum Gasteiger partial charge on any atom is 0.246 e. The van der Waals surface area contributed by atoms with Crippen LogP contribution in [0.15, 0.2) is 0 Å². The van der Waals surface area contributed by atoms with Crippen molar-refractivity contribution in [3.05, 3.63) is 0 Å². The highest BCUT2D eigenvalue weighted by Crippen LogP contribution is 2.64. The number of nitrogens with one attached hydrogen (secondary N) is 2. The molecule has 176 valence electrons. The summed E-state index contributed by atoms with van der Waals surface area (Å²) >= 11 is 0. The molecule has 3 rings (SSSR count). The Bertz CT molecular complexity index is 720. The first-order valence-corrected chi connectivity index (χ1v) is 11.7. The van der Waals surface area contributed by atoms with E-state index in [-0.39, 0.29) is 24.3 Å². The molecular formula is C23H39N3O5. The molecule has 0 aromatic heterocycles. The fourth-order valence-corrected chi connectivity index (χ4v) is 6.00. The molecule has 5 atom stereocenters. The van der Waals surface area contributed by atoms with E-state index in [0.717, 1.165) is 25.7 Å². The van der Waals surface area contributed by atoms with E-state index in [1.165, 1.54) is 0 Å². The van der Waals surface area contributed by atoms with Crippen molar-refractivity contribution in [2.45, 2.75) is 95.4 Å². The van der Waals surface area contributed by atoms with Crippen molar-refractivity contribution < 1.29 is 24.2 Å². The molecule has 0 radical (unpaired) electrons. The van der Waals surface area contributed by atoms with Crippen molar-refractivity contribution >= 4 is 17.7 Å². The third-order valence-corrected chi connectivity index (χ3v) is 7.26. The number of rotatable bonds is 9. The van der Waals surface area contributed by atoms with Crippen LogP contribution < -0.4 is 10.6 Å². The Morgan fingerprint density at radius 1 is 1.16 bits per heavy atom. The van der Waals surface area contributed by atoms with Crippen molar-refractivity contribution in [3.8, 4) is 0 Å². The lowest BCUT2D eigenvalue weighted by molar-refractivity contribution is -0.148. The van der Waals surface area contributed by atoms with Gasteiger partial charge in [0, 0.05) is 25.7 Å². The lowest BCUT2D eigenvalue weighted by Crippen LogP contribution is -2.58. The highest BCUT2D eigenvalue weighted by Gasteiger charge is 2.78. The first-order chi connectivity index (χ1) is 14.6. The predicted octanol–water partition coefficient (Wildman–Crippen LogP) is 1.35. The molecule has 3 heterocycles. The van der Waals surface area contributed by atoms with Crippen LogP contribution in [0, 0.1) is 11.8 Å². The van der Waals surface area contributed by atoms with E-state index < -0.39 is 34.6 Å². The predicted molar refractivity (Wildman–Crippen MR) is 116 cm³/mol. The van der Waals surface area contributed by atoms with Crippen molar-refractivity contribution in [3.63, 3.8) is 0 Å². The smallest absolute Gasteiger partial charge is 0.246 e. The van der Waals surface area contributed by atoms with Gasteiger partial charge in [-0.15, -0.1) is 0 Å². The molecule has 0 aromatic rings. The maximum atomic E-state index is 13.7. The van der Waals surface area contributed by atoms with Gasteiger partial charge in [0.15, 0.2) is 0 Å². The zero-order chi connectivity index (χ0) is 23.0. The van der Waals surface area contributed by atoms with Crippen LogP contribution >= 0.6 is 0 Å². The summed E-state index contributed by atoms with van der Waals surface area (Å²) < 4.78 is 6.63. The Kier molecular flexibility index (Phi) is 6.73. The lowest BCUT2D eigenvalue weighted by Gasteiger charge is -2.35. The standard InChI is InChI=1S/C23H39N3O5/c1-6-22-11-12-23(31-22)16(15(22)18(28)24-5)20(30)26(13-9-7-8-10-14-27)17(23)19(29)25-21(2,3)4/h15-17,27H,6-14H2,1-5H3,(H,24,28)(H,25,29)/t15-,16-,17?,22+,23?/m0/s1. The van der Waals surface area contributed by atoms with Crippen LogP contribution in [0.1, 0.15) is 72.6 Å². The summed E-state index contributed by atoms with van der Waals surface area (Å²) in [6.07, 6.45) is 5.14. The number of amides is 3. The number of aliphatic hydroxyl groups is 1. The van der Waals surface area contributed by atoms with Crippen LogP contribution in [0.5, 0.6) is 0 Å². The first kappa shape index (κ1) is 24.0. The number of carbonyl (C=O) groups excluding carboxylic acids is 3. The summed E-state index contributed by atoms with van der Waals surface area (Å²) in [7, 11) is 1.59. The van der Waals surface area contributed by atoms with E-state index in [1.54, 1.807) is 11.9 Å². The van der Waals surface area contributed by atoms with Crippen LogP contribution in [-0.2, 0) is 19.1 Å². The molecule has 0 saturated carbocycles. The summed E-state index contributed by atoms with van der Waals surface area (Å²) in [6.45, 7) is 8.36. The molecule has 2 bridgehead atoms. The number of hydrogen-bond acceptors (Lipinski definition) is 5. The van der Waals surface area contributed by atoms with Crippen LogP contribution in [0.2, 0.25) is 0 Å². The third-order valence-electron chi connectivity index (χ3n) is 7.26. The molecule has 3 N–H and O–H groups in total. The fraction of sp³-hybridized carbons (Fsp3) is 0.870. The van der Waals surface area contributed by atoms with Crippen LogP contribution in [-0.4, -0.2) is 70.7 Å². The lowest BCUT2D eigenvalue weighted by atomic mass is 9.65. The van der Waals surface area contributed by atoms with Crippen LogP contribution in [0.25, 0.3) is 0 Å². The van der Waals surface area contributed by atoms with E-state index in [0.29, 0.717) is 25.8 Å². The van der Waals surface area contributed by atoms with Gasteiger partial charge < -0.3 is 25.4 Å². The maximum absolute atomic E-state index is 13.7. The topological polar surface area (TPSA) is 108 Å². The normalized spacial score (nSPS) is 34.2. The van der Waals surface area contributed by atoms with Gasteiger partial charge in [0.05, 0.1) is 17.4 Å². The third kappa shape index (κ3) is 3.97. The molecule has 0 aromatic carbocycles. The van der Waals surface area contributed by atoms with E-state index >= 15 is 0 Å². The second kappa shape index (κ2) is 8.70. The van der Waals surface area contributed by atoms with Gasteiger partial charge in [0.25, 0.3) is 0 Å². The molecule has 8 heteroatoms. The van der Waals surface area contributed by atoms with E-state index in [1.807, 2.05) is 27.7 Å². The van der Waals surface area contributed by atoms with Gasteiger partial charge in [-0.05, 0) is 52.9 Å². The minimum Gasteiger partial charge on any atom is -0.396 e. The highest BCUT2D eigenvalue weighted by atomic mass is 16.5. The molecular weight excluding hydrogens is 398 g/mol. The molecule has 2 unspecified atom stereocenters. The molecule has 3 aliphatic rings. The van der Waals surface area contributed by atoms with Crippen LogP contribution in [0.3, 0.4) is 0 Å². The number of unbranched alkanes of at least 4 members (excludes halogenated alkanes) is 3. The van der Waals surface area contributed by atoms with Crippen molar-refractivity contribution in [2.24, 2.45) is 11.8 Å². The van der Waals surface area contributed by atoms with Gasteiger partial charge in [-0.2, -0.15) is 0 Å². The van der Waals surface area contributed by atoms with E-state index in [2.05, 4.69) is 10.6 Å². The molecule has 3 amide bonds. The van der Waals surface area contributed by atoms with Gasteiger partial charge in [-0.25, -0.2) is 0 Å².